The highest BCUT2D eigenvalue weighted by molar-refractivity contribution is 8.13. The predicted octanol–water partition coefficient (Wildman–Crippen LogP) is 7.82. The fourth-order valence-electron chi connectivity index (χ4n) is 4.71. The first-order valence-electron chi connectivity index (χ1n) is 14.4. The summed E-state index contributed by atoms with van der Waals surface area (Å²) >= 11 is 1.40. The molecule has 0 aliphatic rings. The molecule has 0 aromatic rings. The maximum Gasteiger partial charge on any atom is 0.191 e. The van der Waals surface area contributed by atoms with Crippen LogP contribution in [0.15, 0.2) is 0 Å². The quantitative estimate of drug-likeness (QED) is 0.0839. The Morgan fingerprint density at radius 1 is 0.833 bits per heavy atom. The van der Waals surface area contributed by atoms with Gasteiger partial charge in [-0.15, -0.1) is 0 Å². The van der Waals surface area contributed by atoms with Gasteiger partial charge in [-0.1, -0.05) is 39.0 Å². The third-order valence-electron chi connectivity index (χ3n) is 6.84. The monoisotopic (exact) mass is 549 g/mol. The van der Waals surface area contributed by atoms with Gasteiger partial charge in [0.05, 0.1) is 6.61 Å². The predicted molar refractivity (Wildman–Crippen MR) is 161 cm³/mol. The summed E-state index contributed by atoms with van der Waals surface area (Å²) in [5.41, 5.74) is 0.292. The molecule has 0 rings (SSSR count). The second kappa shape index (κ2) is 20.2. The maximum absolute atomic E-state index is 12.2. The van der Waals surface area contributed by atoms with Gasteiger partial charge in [0.15, 0.2) is 20.4 Å². The summed E-state index contributed by atoms with van der Waals surface area (Å²) < 4.78 is 17.1. The first-order valence-corrected chi connectivity index (χ1v) is 16.6. The number of unbranched alkanes of at least 4 members (excludes halogenated alkanes) is 2. The molecule has 0 atom stereocenters. The van der Waals surface area contributed by atoms with Gasteiger partial charge in [0.2, 0.25) is 0 Å². The van der Waals surface area contributed by atoms with Gasteiger partial charge in [0.1, 0.15) is 0 Å². The van der Waals surface area contributed by atoms with Crippen molar-refractivity contribution in [2.45, 2.75) is 151 Å². The molecule has 0 aromatic heterocycles. The van der Waals surface area contributed by atoms with Gasteiger partial charge in [-0.3, -0.25) is 4.79 Å². The zero-order chi connectivity index (χ0) is 27.7. The van der Waals surface area contributed by atoms with Crippen LogP contribution in [0.25, 0.3) is 0 Å². The molecule has 0 saturated carbocycles. The molecule has 0 spiro atoms. The number of nitrogens with zero attached hydrogens (tertiary/aromatic N) is 2. The molecule has 36 heavy (non-hydrogen) atoms. The summed E-state index contributed by atoms with van der Waals surface area (Å²) in [6.07, 6.45) is 7.38. The highest BCUT2D eigenvalue weighted by atomic mass is 32.2. The molecule has 0 aliphatic carbocycles. The second-order valence-corrected chi connectivity index (χ2v) is 13.7. The number of ether oxygens (including phenoxy) is 1. The van der Waals surface area contributed by atoms with Gasteiger partial charge in [-0.25, -0.2) is 9.34 Å². The zero-order valence-electron chi connectivity index (χ0n) is 25.6. The van der Waals surface area contributed by atoms with Crippen LogP contribution in [0.5, 0.6) is 0 Å². The molecule has 0 aromatic carbocycles. The van der Waals surface area contributed by atoms with Crippen molar-refractivity contribution < 1.29 is 14.1 Å². The molecule has 0 fully saturated rings. The number of carbonyl (C=O) groups is 1. The number of thioether (sulfide) groups is 1. The molecule has 0 saturated heterocycles. The summed E-state index contributed by atoms with van der Waals surface area (Å²) in [4.78, 5) is 12.2. The number of rotatable bonds is 22. The smallest absolute Gasteiger partial charge is 0.191 e. The molecule has 0 bridgehead atoms. The second-order valence-electron chi connectivity index (χ2n) is 10.8. The normalized spacial score (nSPS) is 13.1. The van der Waals surface area contributed by atoms with E-state index in [-0.39, 0.29) is 11.9 Å². The van der Waals surface area contributed by atoms with E-state index in [1.807, 2.05) is 0 Å². The molecule has 0 aliphatic heterocycles. The number of hydrogen-bond donors (Lipinski definition) is 1. The van der Waals surface area contributed by atoms with E-state index < -0.39 is 8.45 Å². The molecule has 0 radical (unpaired) electrons. The van der Waals surface area contributed by atoms with E-state index in [0.717, 1.165) is 25.8 Å². The van der Waals surface area contributed by atoms with Crippen molar-refractivity contribution in [3.63, 3.8) is 0 Å². The number of hydrogen-bond acceptors (Lipinski definition) is 7. The lowest BCUT2D eigenvalue weighted by atomic mass is 9.89. The molecule has 0 amide bonds. The van der Waals surface area contributed by atoms with Crippen molar-refractivity contribution in [1.29, 1.82) is 0 Å². The van der Waals surface area contributed by atoms with Crippen LogP contribution >= 0.6 is 20.2 Å². The summed E-state index contributed by atoms with van der Waals surface area (Å²) in [6, 6.07) is 1.53. The highest BCUT2D eigenvalue weighted by Gasteiger charge is 2.34. The van der Waals surface area contributed by atoms with Crippen molar-refractivity contribution in [3.05, 3.63) is 0 Å². The average Bonchev–Trinajstić information content (AvgIpc) is 2.80. The van der Waals surface area contributed by atoms with Crippen LogP contribution in [-0.2, 0) is 14.1 Å². The van der Waals surface area contributed by atoms with Crippen LogP contribution in [0.2, 0.25) is 0 Å². The van der Waals surface area contributed by atoms with Crippen LogP contribution in [0.4, 0.5) is 0 Å². The minimum Gasteiger partial charge on any atom is -0.354 e. The van der Waals surface area contributed by atoms with Gasteiger partial charge in [-0.2, -0.15) is 0 Å². The number of nitrogens with one attached hydrogen (secondary N) is 1. The summed E-state index contributed by atoms with van der Waals surface area (Å²) in [5.74, 6) is 0.684. The van der Waals surface area contributed by atoms with Gasteiger partial charge < -0.3 is 14.6 Å². The van der Waals surface area contributed by atoms with E-state index in [1.54, 1.807) is 0 Å². The van der Waals surface area contributed by atoms with Crippen LogP contribution in [0, 0.1) is 0 Å². The standard InChI is InChI=1S/C28H60N3O3PS/c1-12-28(13-2,14-3)29-19-17-15-16-18-27(32)36-21-20-33-22-34-35(30(23(4)5)24(6)7)31(25(8)9)26(10)11/h23-26,29H,12-22H2,1-11H3. The van der Waals surface area contributed by atoms with E-state index in [9.17, 15) is 4.79 Å². The summed E-state index contributed by atoms with van der Waals surface area (Å²) in [6.45, 7) is 26.5. The van der Waals surface area contributed by atoms with Crippen molar-refractivity contribution in [3.8, 4) is 0 Å². The van der Waals surface area contributed by atoms with E-state index in [1.165, 1.54) is 31.0 Å². The molecule has 0 heterocycles. The Bertz CT molecular complexity index is 516. The highest BCUT2D eigenvalue weighted by Crippen LogP contribution is 2.50. The molecule has 0 unspecified atom stereocenters. The molecule has 6 nitrogen and oxygen atoms in total. The van der Waals surface area contributed by atoms with Crippen LogP contribution in [-0.4, -0.2) is 69.9 Å². The van der Waals surface area contributed by atoms with Crippen molar-refractivity contribution in [2.24, 2.45) is 0 Å². The number of carbonyl (C=O) groups excluding carboxylic acids is 1. The van der Waals surface area contributed by atoms with Crippen molar-refractivity contribution >= 4 is 25.3 Å². The lowest BCUT2D eigenvalue weighted by Crippen LogP contribution is -2.44. The molecule has 1 N–H and O–H groups in total. The average molecular weight is 550 g/mol. The van der Waals surface area contributed by atoms with Crippen LogP contribution < -0.4 is 5.32 Å². The van der Waals surface area contributed by atoms with E-state index >= 15 is 0 Å². The van der Waals surface area contributed by atoms with Crippen molar-refractivity contribution in [2.75, 3.05) is 25.7 Å². The van der Waals surface area contributed by atoms with E-state index in [0.29, 0.717) is 48.5 Å². The zero-order valence-corrected chi connectivity index (χ0v) is 27.3. The minimum absolute atomic E-state index is 0.258. The Labute approximate surface area is 230 Å². The first-order chi connectivity index (χ1) is 17.0. The van der Waals surface area contributed by atoms with Crippen LogP contribution in [0.3, 0.4) is 0 Å². The maximum atomic E-state index is 12.2. The Morgan fingerprint density at radius 3 is 1.78 bits per heavy atom. The van der Waals surface area contributed by atoms with Gasteiger partial charge in [0.25, 0.3) is 0 Å². The summed E-state index contributed by atoms with van der Waals surface area (Å²) in [5, 5.41) is 4.02. The van der Waals surface area contributed by atoms with Gasteiger partial charge >= 0.3 is 0 Å². The van der Waals surface area contributed by atoms with Crippen molar-refractivity contribution in [1.82, 2.24) is 14.7 Å². The lowest BCUT2D eigenvalue weighted by Gasteiger charge is -2.45. The Morgan fingerprint density at radius 2 is 1.33 bits per heavy atom. The van der Waals surface area contributed by atoms with Gasteiger partial charge in [0, 0.05) is 41.9 Å². The minimum atomic E-state index is -0.940. The Balaban J connectivity index is 4.31. The first kappa shape index (κ1) is 36.2. The largest absolute Gasteiger partial charge is 0.354 e. The molecular weight excluding hydrogens is 489 g/mol. The Kier molecular flexibility index (Phi) is 20.3. The molecule has 8 heteroatoms. The van der Waals surface area contributed by atoms with Crippen LogP contribution in [0.1, 0.15) is 121 Å². The van der Waals surface area contributed by atoms with E-state index in [4.69, 9.17) is 9.26 Å². The SMILES string of the molecule is CCC(CC)(CC)NCCCCCC(=O)SCCOCOP(N(C(C)C)C(C)C)N(C(C)C)C(C)C. The third kappa shape index (κ3) is 13.9. The lowest BCUT2D eigenvalue weighted by molar-refractivity contribution is -0.111. The fraction of sp³-hybridized carbons (Fsp3) is 0.964. The Hall–Kier alpha value is 0.250. The molecular formula is C28H60N3O3PS. The third-order valence-corrected chi connectivity index (χ3v) is 10.7. The fourth-order valence-corrected chi connectivity index (χ4v) is 7.69. The topological polar surface area (TPSA) is 54.0 Å². The molecule has 216 valence electrons. The summed E-state index contributed by atoms with van der Waals surface area (Å²) in [7, 11) is -0.940. The van der Waals surface area contributed by atoms with Gasteiger partial charge in [-0.05, 0) is 94.0 Å². The van der Waals surface area contributed by atoms with E-state index in [2.05, 4.69) is 90.8 Å².